The highest BCUT2D eigenvalue weighted by atomic mass is 79.9. The van der Waals surface area contributed by atoms with Crippen LogP contribution in [-0.4, -0.2) is 16.1 Å². The van der Waals surface area contributed by atoms with Gasteiger partial charge in [0.2, 0.25) is 0 Å². The second-order valence-electron chi connectivity index (χ2n) is 4.76. The fraction of sp³-hybridized carbons (Fsp3) is 0.286. The zero-order valence-electron chi connectivity index (χ0n) is 9.90. The summed E-state index contributed by atoms with van der Waals surface area (Å²) in [4.78, 5) is 16.2. The van der Waals surface area contributed by atoms with Crippen LogP contribution < -0.4 is 0 Å². The molecule has 0 bridgehead atoms. The zero-order chi connectivity index (χ0) is 12.9. The van der Waals surface area contributed by atoms with Gasteiger partial charge in [0.05, 0.1) is 11.1 Å². The Balaban J connectivity index is 2.43. The number of aromatic nitrogens is 1. The van der Waals surface area contributed by atoms with Gasteiger partial charge in [0.1, 0.15) is 0 Å². The van der Waals surface area contributed by atoms with E-state index in [1.165, 1.54) is 0 Å². The first-order chi connectivity index (χ1) is 8.58. The van der Waals surface area contributed by atoms with Crippen molar-refractivity contribution in [3.8, 4) is 0 Å². The molecule has 1 unspecified atom stereocenters. The topological polar surface area (TPSA) is 50.2 Å². The summed E-state index contributed by atoms with van der Waals surface area (Å²) >= 11 is 3.40. The maximum Gasteiger partial charge on any atom is 0.336 e. The van der Waals surface area contributed by atoms with Crippen LogP contribution >= 0.6 is 15.9 Å². The molecule has 18 heavy (non-hydrogen) atoms. The van der Waals surface area contributed by atoms with Crippen LogP contribution in [0.2, 0.25) is 0 Å². The zero-order valence-corrected chi connectivity index (χ0v) is 11.5. The SMILES string of the molecule is CC1CCc2c1nc1cc(Br)ccc1c2C(=O)O. The number of pyridine rings is 1. The number of carbonyl (C=O) groups is 1. The van der Waals surface area contributed by atoms with Crippen LogP contribution in [0.4, 0.5) is 0 Å². The number of hydrogen-bond acceptors (Lipinski definition) is 2. The molecule has 4 heteroatoms. The van der Waals surface area contributed by atoms with Gasteiger partial charge < -0.3 is 5.11 Å². The smallest absolute Gasteiger partial charge is 0.336 e. The Bertz CT molecular complexity index is 666. The fourth-order valence-corrected chi connectivity index (χ4v) is 3.05. The summed E-state index contributed by atoms with van der Waals surface area (Å²) in [6, 6.07) is 5.58. The van der Waals surface area contributed by atoms with Crippen LogP contribution in [0.5, 0.6) is 0 Å². The number of fused-ring (bicyclic) bond motifs is 2. The molecule has 0 spiro atoms. The Morgan fingerprint density at radius 1 is 1.50 bits per heavy atom. The molecule has 0 saturated heterocycles. The summed E-state index contributed by atoms with van der Waals surface area (Å²) in [5, 5.41) is 10.2. The average molecular weight is 306 g/mol. The maximum absolute atomic E-state index is 11.5. The normalized spacial score (nSPS) is 18.0. The van der Waals surface area contributed by atoms with Crippen molar-refractivity contribution in [1.82, 2.24) is 4.98 Å². The van der Waals surface area contributed by atoms with Gasteiger partial charge in [-0.2, -0.15) is 0 Å². The highest BCUT2D eigenvalue weighted by Gasteiger charge is 2.27. The van der Waals surface area contributed by atoms with Gasteiger partial charge in [-0.1, -0.05) is 28.9 Å². The Morgan fingerprint density at radius 3 is 3.00 bits per heavy atom. The Kier molecular flexibility index (Phi) is 2.63. The Hall–Kier alpha value is -1.42. The molecule has 92 valence electrons. The predicted molar refractivity (Wildman–Crippen MR) is 73.1 cm³/mol. The van der Waals surface area contributed by atoms with Gasteiger partial charge in [0.25, 0.3) is 0 Å². The van der Waals surface area contributed by atoms with E-state index in [0.29, 0.717) is 11.5 Å². The van der Waals surface area contributed by atoms with E-state index < -0.39 is 5.97 Å². The summed E-state index contributed by atoms with van der Waals surface area (Å²) < 4.78 is 0.921. The first-order valence-corrected chi connectivity index (χ1v) is 6.72. The summed E-state index contributed by atoms with van der Waals surface area (Å²) in [6.45, 7) is 2.11. The highest BCUT2D eigenvalue weighted by molar-refractivity contribution is 9.10. The van der Waals surface area contributed by atoms with Crippen LogP contribution in [-0.2, 0) is 6.42 Å². The molecule has 0 saturated carbocycles. The first kappa shape index (κ1) is 11.7. The van der Waals surface area contributed by atoms with Gasteiger partial charge in [-0.15, -0.1) is 0 Å². The molecule has 0 fully saturated rings. The molecule has 1 aliphatic carbocycles. The van der Waals surface area contributed by atoms with Crippen LogP contribution in [0.15, 0.2) is 22.7 Å². The molecule has 1 atom stereocenters. The monoisotopic (exact) mass is 305 g/mol. The molecule has 3 nitrogen and oxygen atoms in total. The maximum atomic E-state index is 11.5. The largest absolute Gasteiger partial charge is 0.478 e. The molecule has 1 heterocycles. The molecule has 0 aliphatic heterocycles. The summed E-state index contributed by atoms with van der Waals surface area (Å²) in [5.74, 6) is -0.503. The summed E-state index contributed by atoms with van der Waals surface area (Å²) in [6.07, 6.45) is 1.80. The molecule has 2 aromatic rings. The number of carboxylic acids is 1. The van der Waals surface area contributed by atoms with Crippen molar-refractivity contribution in [2.45, 2.75) is 25.7 Å². The van der Waals surface area contributed by atoms with E-state index in [1.807, 2.05) is 18.2 Å². The van der Waals surface area contributed by atoms with Crippen molar-refractivity contribution in [3.63, 3.8) is 0 Å². The summed E-state index contributed by atoms with van der Waals surface area (Å²) in [7, 11) is 0. The van der Waals surface area contributed by atoms with Gasteiger partial charge in [0, 0.05) is 15.6 Å². The fourth-order valence-electron chi connectivity index (χ4n) is 2.70. The molecule has 1 N–H and O–H groups in total. The number of halogens is 1. The minimum Gasteiger partial charge on any atom is -0.478 e. The number of carboxylic acid groups (broad SMARTS) is 1. The molecule has 0 radical (unpaired) electrons. The predicted octanol–water partition coefficient (Wildman–Crippen LogP) is 3.75. The van der Waals surface area contributed by atoms with Crippen molar-refractivity contribution in [2.24, 2.45) is 0 Å². The Labute approximate surface area is 113 Å². The lowest BCUT2D eigenvalue weighted by Crippen LogP contribution is -2.06. The second kappa shape index (κ2) is 4.05. The van der Waals surface area contributed by atoms with Gasteiger partial charge in [-0.05, 0) is 36.5 Å². The molecule has 1 aliphatic rings. The molecule has 3 rings (SSSR count). The number of aromatic carboxylic acids is 1. The van der Waals surface area contributed by atoms with Crippen LogP contribution in [0, 0.1) is 0 Å². The third-order valence-corrected chi connectivity index (χ3v) is 4.08. The van der Waals surface area contributed by atoms with E-state index in [0.717, 1.165) is 39.5 Å². The van der Waals surface area contributed by atoms with Crippen molar-refractivity contribution in [2.75, 3.05) is 0 Å². The van der Waals surface area contributed by atoms with Crippen LogP contribution in [0.1, 0.15) is 40.9 Å². The number of hydrogen-bond donors (Lipinski definition) is 1. The molecule has 0 amide bonds. The number of nitrogens with zero attached hydrogens (tertiary/aromatic N) is 1. The third kappa shape index (κ3) is 1.63. The third-order valence-electron chi connectivity index (χ3n) is 3.59. The van der Waals surface area contributed by atoms with Crippen molar-refractivity contribution >= 4 is 32.8 Å². The lowest BCUT2D eigenvalue weighted by Gasteiger charge is -2.10. The van der Waals surface area contributed by atoms with Crippen molar-refractivity contribution in [1.29, 1.82) is 0 Å². The van der Waals surface area contributed by atoms with Crippen molar-refractivity contribution < 1.29 is 9.90 Å². The highest BCUT2D eigenvalue weighted by Crippen LogP contribution is 2.37. The van der Waals surface area contributed by atoms with E-state index in [4.69, 9.17) is 0 Å². The molecule has 1 aromatic carbocycles. The Morgan fingerprint density at radius 2 is 2.28 bits per heavy atom. The van der Waals surface area contributed by atoms with Crippen molar-refractivity contribution in [3.05, 3.63) is 39.5 Å². The number of benzene rings is 1. The molecule has 1 aromatic heterocycles. The number of rotatable bonds is 1. The van der Waals surface area contributed by atoms with E-state index in [9.17, 15) is 9.90 Å². The second-order valence-corrected chi connectivity index (χ2v) is 5.67. The van der Waals surface area contributed by atoms with E-state index in [-0.39, 0.29) is 0 Å². The van der Waals surface area contributed by atoms with E-state index in [1.54, 1.807) is 0 Å². The standard InChI is InChI=1S/C14H12BrNO2/c1-7-2-4-10-12(14(17)18)9-5-3-8(15)6-11(9)16-13(7)10/h3,5-7H,2,4H2,1H3,(H,17,18). The molecular formula is C14H12BrNO2. The lowest BCUT2D eigenvalue weighted by atomic mass is 10.0. The van der Waals surface area contributed by atoms with Gasteiger partial charge in [-0.25, -0.2) is 4.79 Å². The quantitative estimate of drug-likeness (QED) is 0.873. The van der Waals surface area contributed by atoms with Gasteiger partial charge >= 0.3 is 5.97 Å². The van der Waals surface area contributed by atoms with Gasteiger partial charge in [-0.3, -0.25) is 4.98 Å². The minimum absolute atomic E-state index is 0.349. The van der Waals surface area contributed by atoms with Crippen LogP contribution in [0.25, 0.3) is 10.9 Å². The van der Waals surface area contributed by atoms with Gasteiger partial charge in [0.15, 0.2) is 0 Å². The van der Waals surface area contributed by atoms with Crippen LogP contribution in [0.3, 0.4) is 0 Å². The lowest BCUT2D eigenvalue weighted by molar-refractivity contribution is 0.0698. The first-order valence-electron chi connectivity index (χ1n) is 5.93. The average Bonchev–Trinajstić information content (AvgIpc) is 2.67. The van der Waals surface area contributed by atoms with E-state index >= 15 is 0 Å². The summed E-state index contributed by atoms with van der Waals surface area (Å²) in [5.41, 5.74) is 3.07. The van der Waals surface area contributed by atoms with E-state index in [2.05, 4.69) is 27.8 Å². The molecular weight excluding hydrogens is 294 g/mol. The minimum atomic E-state index is -0.852.